The van der Waals surface area contributed by atoms with E-state index >= 15 is 0 Å². The van der Waals surface area contributed by atoms with Gasteiger partial charge in [-0.15, -0.1) is 0 Å². The molecular formula is C11H15ClN4O3. The molecule has 0 unspecified atom stereocenters. The fourth-order valence-corrected chi connectivity index (χ4v) is 1.45. The number of nitrogens with two attached hydrogens (primary N) is 1. The van der Waals surface area contributed by atoms with Gasteiger partial charge in [-0.25, -0.2) is 4.68 Å². The van der Waals surface area contributed by atoms with Crippen molar-refractivity contribution in [2.24, 2.45) is 5.73 Å². The topological polar surface area (TPSA) is 99.2 Å². The molecule has 0 aromatic carbocycles. The minimum atomic E-state index is -0.572. The van der Waals surface area contributed by atoms with Crippen LogP contribution in [-0.2, 0) is 16.1 Å². The molecule has 0 bridgehead atoms. The predicted molar refractivity (Wildman–Crippen MR) is 72.2 cm³/mol. The predicted octanol–water partition coefficient (Wildman–Crippen LogP) is -0.00350. The van der Waals surface area contributed by atoms with Crippen molar-refractivity contribution in [1.29, 1.82) is 0 Å². The standard InChI is InChI=1S/C11H15ClN4O3/c1-19-9(17)7-16-11(18)10(12)8(6-15-16)14-5-3-2-4-13/h2-3,6,14H,4-5,7,13H2,1H3/b3-2+. The van der Waals surface area contributed by atoms with Gasteiger partial charge in [-0.05, 0) is 0 Å². The van der Waals surface area contributed by atoms with Gasteiger partial charge < -0.3 is 15.8 Å². The molecule has 104 valence electrons. The summed E-state index contributed by atoms with van der Waals surface area (Å²) in [4.78, 5) is 22.9. The van der Waals surface area contributed by atoms with E-state index in [2.05, 4.69) is 15.2 Å². The highest BCUT2D eigenvalue weighted by molar-refractivity contribution is 6.32. The average molecular weight is 287 g/mol. The normalized spacial score (nSPS) is 10.7. The van der Waals surface area contributed by atoms with Crippen LogP contribution in [0.25, 0.3) is 0 Å². The lowest BCUT2D eigenvalue weighted by Crippen LogP contribution is -2.28. The molecule has 0 saturated heterocycles. The number of aromatic nitrogens is 2. The van der Waals surface area contributed by atoms with Gasteiger partial charge in [-0.1, -0.05) is 23.8 Å². The lowest BCUT2D eigenvalue weighted by Gasteiger charge is -2.08. The smallest absolute Gasteiger partial charge is 0.327 e. The molecule has 3 N–H and O–H groups in total. The van der Waals surface area contributed by atoms with Crippen LogP contribution >= 0.6 is 11.6 Å². The molecule has 0 spiro atoms. The summed E-state index contributed by atoms with van der Waals surface area (Å²) in [6.07, 6.45) is 4.95. The maximum atomic E-state index is 11.8. The van der Waals surface area contributed by atoms with Gasteiger partial charge in [0, 0.05) is 13.1 Å². The van der Waals surface area contributed by atoms with Crippen molar-refractivity contribution >= 4 is 23.3 Å². The van der Waals surface area contributed by atoms with Crippen molar-refractivity contribution in [3.05, 3.63) is 33.7 Å². The zero-order chi connectivity index (χ0) is 14.3. The number of rotatable bonds is 6. The van der Waals surface area contributed by atoms with Crippen molar-refractivity contribution in [3.63, 3.8) is 0 Å². The summed E-state index contributed by atoms with van der Waals surface area (Å²) in [5.41, 5.74) is 5.13. The van der Waals surface area contributed by atoms with Crippen LogP contribution in [0.5, 0.6) is 0 Å². The highest BCUT2D eigenvalue weighted by Crippen LogP contribution is 2.14. The number of nitrogens with one attached hydrogen (secondary N) is 1. The molecule has 0 radical (unpaired) electrons. The first-order chi connectivity index (χ1) is 9.10. The third-order valence-corrected chi connectivity index (χ3v) is 2.57. The summed E-state index contributed by atoms with van der Waals surface area (Å²) in [6, 6.07) is 0. The van der Waals surface area contributed by atoms with Gasteiger partial charge >= 0.3 is 5.97 Å². The maximum absolute atomic E-state index is 11.8. The Kier molecular flexibility index (Phi) is 6.04. The van der Waals surface area contributed by atoms with Crippen molar-refractivity contribution < 1.29 is 9.53 Å². The van der Waals surface area contributed by atoms with Crippen LogP contribution in [0.4, 0.5) is 5.69 Å². The first kappa shape index (κ1) is 15.2. The van der Waals surface area contributed by atoms with Gasteiger partial charge in [0.1, 0.15) is 11.6 Å². The summed E-state index contributed by atoms with van der Waals surface area (Å²) in [5, 5.41) is 6.72. The molecule has 0 aliphatic heterocycles. The van der Waals surface area contributed by atoms with Crippen molar-refractivity contribution in [3.8, 4) is 0 Å². The Balaban J connectivity index is 2.82. The molecule has 19 heavy (non-hydrogen) atoms. The molecule has 0 saturated carbocycles. The summed E-state index contributed by atoms with van der Waals surface area (Å²) >= 11 is 5.90. The molecule has 1 aromatic heterocycles. The first-order valence-electron chi connectivity index (χ1n) is 5.51. The molecule has 0 atom stereocenters. The van der Waals surface area contributed by atoms with E-state index < -0.39 is 11.5 Å². The fourth-order valence-electron chi connectivity index (χ4n) is 1.24. The minimum Gasteiger partial charge on any atom is -0.468 e. The number of esters is 1. The molecule has 0 aliphatic rings. The van der Waals surface area contributed by atoms with Crippen LogP contribution < -0.4 is 16.6 Å². The molecule has 1 aromatic rings. The Morgan fingerprint density at radius 1 is 1.63 bits per heavy atom. The van der Waals surface area contributed by atoms with E-state index in [9.17, 15) is 9.59 Å². The Hall–Kier alpha value is -1.86. The van der Waals surface area contributed by atoms with E-state index in [1.54, 1.807) is 12.2 Å². The number of nitrogens with zero attached hydrogens (tertiary/aromatic N) is 2. The fraction of sp³-hybridized carbons (Fsp3) is 0.364. The molecule has 0 aliphatic carbocycles. The van der Waals surface area contributed by atoms with Crippen LogP contribution in [0.15, 0.2) is 23.1 Å². The molecule has 0 fully saturated rings. The lowest BCUT2D eigenvalue weighted by molar-refractivity contribution is -0.141. The molecule has 1 rings (SSSR count). The monoisotopic (exact) mass is 286 g/mol. The van der Waals surface area contributed by atoms with Crippen molar-refractivity contribution in [1.82, 2.24) is 9.78 Å². The van der Waals surface area contributed by atoms with E-state index in [0.29, 0.717) is 18.8 Å². The summed E-state index contributed by atoms with van der Waals surface area (Å²) in [5.74, 6) is -0.572. The largest absolute Gasteiger partial charge is 0.468 e. The minimum absolute atomic E-state index is 0.0277. The quantitative estimate of drug-likeness (QED) is 0.564. The van der Waals surface area contributed by atoms with Crippen LogP contribution in [0.1, 0.15) is 0 Å². The van der Waals surface area contributed by atoms with E-state index in [4.69, 9.17) is 17.3 Å². The first-order valence-corrected chi connectivity index (χ1v) is 5.89. The average Bonchev–Trinajstić information content (AvgIpc) is 2.42. The van der Waals surface area contributed by atoms with Crippen LogP contribution in [0.3, 0.4) is 0 Å². The molecule has 8 heteroatoms. The Morgan fingerprint density at radius 2 is 2.37 bits per heavy atom. The zero-order valence-electron chi connectivity index (χ0n) is 10.4. The Morgan fingerprint density at radius 3 is 3.00 bits per heavy atom. The van der Waals surface area contributed by atoms with Crippen molar-refractivity contribution in [2.45, 2.75) is 6.54 Å². The van der Waals surface area contributed by atoms with Gasteiger partial charge in [-0.3, -0.25) is 9.59 Å². The number of anilines is 1. The van der Waals surface area contributed by atoms with E-state index in [0.717, 1.165) is 4.68 Å². The van der Waals surface area contributed by atoms with Crippen LogP contribution in [-0.4, -0.2) is 35.9 Å². The Bertz CT molecular complexity index is 527. The van der Waals surface area contributed by atoms with E-state index in [1.807, 2.05) is 0 Å². The zero-order valence-corrected chi connectivity index (χ0v) is 11.2. The number of hydrogen-bond acceptors (Lipinski definition) is 6. The molecule has 7 nitrogen and oxygen atoms in total. The molecular weight excluding hydrogens is 272 g/mol. The highest BCUT2D eigenvalue weighted by atomic mass is 35.5. The Labute approximate surface area is 115 Å². The summed E-state index contributed by atoms with van der Waals surface area (Å²) in [7, 11) is 1.23. The lowest BCUT2D eigenvalue weighted by atomic mass is 10.4. The van der Waals surface area contributed by atoms with Gasteiger partial charge in [0.15, 0.2) is 0 Å². The van der Waals surface area contributed by atoms with E-state index in [-0.39, 0.29) is 11.6 Å². The number of carbonyl (C=O) groups excluding carboxylic acids is 1. The molecule has 0 amide bonds. The second kappa shape index (κ2) is 7.55. The third-order valence-electron chi connectivity index (χ3n) is 2.20. The number of ether oxygens (including phenoxy) is 1. The maximum Gasteiger partial charge on any atom is 0.327 e. The van der Waals surface area contributed by atoms with Crippen LogP contribution in [0.2, 0.25) is 5.02 Å². The SMILES string of the molecule is COC(=O)Cn1ncc(NC/C=C/CN)c(Cl)c1=O. The third kappa shape index (κ3) is 4.38. The summed E-state index contributed by atoms with van der Waals surface area (Å²) < 4.78 is 5.39. The number of methoxy groups -OCH3 is 1. The molecule has 1 heterocycles. The second-order valence-electron chi connectivity index (χ2n) is 3.50. The van der Waals surface area contributed by atoms with E-state index in [1.165, 1.54) is 13.3 Å². The highest BCUT2D eigenvalue weighted by Gasteiger charge is 2.11. The van der Waals surface area contributed by atoms with Gasteiger partial charge in [0.05, 0.1) is 19.0 Å². The summed E-state index contributed by atoms with van der Waals surface area (Å²) in [6.45, 7) is 0.635. The van der Waals surface area contributed by atoms with Crippen molar-refractivity contribution in [2.75, 3.05) is 25.5 Å². The number of hydrogen-bond donors (Lipinski definition) is 2. The van der Waals surface area contributed by atoms with Gasteiger partial charge in [0.2, 0.25) is 0 Å². The number of carbonyl (C=O) groups is 1. The second-order valence-corrected chi connectivity index (χ2v) is 3.88. The van der Waals surface area contributed by atoms with Gasteiger partial charge in [-0.2, -0.15) is 5.10 Å². The van der Waals surface area contributed by atoms with Crippen LogP contribution in [0, 0.1) is 0 Å². The number of halogens is 1. The van der Waals surface area contributed by atoms with Gasteiger partial charge in [0.25, 0.3) is 5.56 Å².